The Hall–Kier alpha value is -4.22. The molecule has 1 amide bonds. The van der Waals surface area contributed by atoms with E-state index in [1.807, 2.05) is 16.8 Å². The van der Waals surface area contributed by atoms with Crippen molar-refractivity contribution in [1.29, 1.82) is 0 Å². The van der Waals surface area contributed by atoms with Crippen molar-refractivity contribution in [3.63, 3.8) is 0 Å². The van der Waals surface area contributed by atoms with Gasteiger partial charge in [0.15, 0.2) is 17.5 Å². The number of halogens is 4. The average molecular weight is 527 g/mol. The molecule has 196 valence electrons. The van der Waals surface area contributed by atoms with Crippen molar-refractivity contribution < 1.29 is 31.6 Å². The maximum atomic E-state index is 14.8. The quantitative estimate of drug-likeness (QED) is 0.346. The molecule has 1 aromatic carbocycles. The molecule has 1 aliphatic heterocycles. The summed E-state index contributed by atoms with van der Waals surface area (Å²) in [6.45, 7) is 1.47. The predicted octanol–water partition coefficient (Wildman–Crippen LogP) is 4.83. The monoisotopic (exact) mass is 527 g/mol. The SMILES string of the molecule is O=C(Cc1ccc(-c2cnc(Cc3ccn4c3OCC4)nc2)cc1F)Nc1cc(C2(C(F)(F)F)CC2)on1. The Kier molecular flexibility index (Phi) is 5.69. The maximum Gasteiger partial charge on any atom is 0.401 e. The van der Waals surface area contributed by atoms with Gasteiger partial charge in [0.05, 0.1) is 13.0 Å². The lowest BCUT2D eigenvalue weighted by atomic mass is 10.0. The van der Waals surface area contributed by atoms with Crippen LogP contribution in [0, 0.1) is 5.82 Å². The molecule has 12 heteroatoms. The van der Waals surface area contributed by atoms with Gasteiger partial charge in [-0.2, -0.15) is 13.2 Å². The van der Waals surface area contributed by atoms with Crippen LogP contribution in [0.2, 0.25) is 0 Å². The Balaban J connectivity index is 1.09. The van der Waals surface area contributed by atoms with E-state index in [4.69, 9.17) is 9.26 Å². The van der Waals surface area contributed by atoms with Gasteiger partial charge in [-0.15, -0.1) is 0 Å². The summed E-state index contributed by atoms with van der Waals surface area (Å²) in [6.07, 6.45) is 0.724. The van der Waals surface area contributed by atoms with Crippen LogP contribution in [0.4, 0.5) is 23.4 Å². The summed E-state index contributed by atoms with van der Waals surface area (Å²) < 4.78 is 67.1. The maximum absolute atomic E-state index is 14.8. The Morgan fingerprint density at radius 3 is 2.58 bits per heavy atom. The Bertz CT molecular complexity index is 1510. The van der Waals surface area contributed by atoms with Crippen LogP contribution in [0.1, 0.15) is 35.6 Å². The summed E-state index contributed by atoms with van der Waals surface area (Å²) in [6, 6.07) is 7.44. The summed E-state index contributed by atoms with van der Waals surface area (Å²) in [7, 11) is 0. The van der Waals surface area contributed by atoms with E-state index in [2.05, 4.69) is 20.4 Å². The number of ether oxygens (including phenoxy) is 1. The van der Waals surface area contributed by atoms with Crippen molar-refractivity contribution in [1.82, 2.24) is 19.7 Å². The number of carbonyl (C=O) groups excluding carboxylic acids is 1. The van der Waals surface area contributed by atoms with E-state index in [9.17, 15) is 22.4 Å². The van der Waals surface area contributed by atoms with Crippen LogP contribution < -0.4 is 10.1 Å². The molecule has 4 heterocycles. The lowest BCUT2D eigenvalue weighted by molar-refractivity contribution is -0.165. The van der Waals surface area contributed by atoms with E-state index in [1.165, 1.54) is 12.1 Å². The Labute approximate surface area is 213 Å². The number of rotatable bonds is 7. The van der Waals surface area contributed by atoms with Gasteiger partial charge in [-0.05, 0) is 36.1 Å². The zero-order valence-corrected chi connectivity index (χ0v) is 19.9. The smallest absolute Gasteiger partial charge is 0.401 e. The predicted molar refractivity (Wildman–Crippen MR) is 126 cm³/mol. The molecule has 0 unspecified atom stereocenters. The highest BCUT2D eigenvalue weighted by molar-refractivity contribution is 5.91. The molecule has 8 nitrogen and oxygen atoms in total. The largest absolute Gasteiger partial charge is 0.477 e. The highest BCUT2D eigenvalue weighted by atomic mass is 19.4. The first-order valence-corrected chi connectivity index (χ1v) is 12.0. The molecule has 3 aromatic heterocycles. The van der Waals surface area contributed by atoms with Crippen molar-refractivity contribution in [2.45, 2.75) is 43.8 Å². The first-order valence-electron chi connectivity index (χ1n) is 12.0. The number of alkyl halides is 3. The number of anilines is 1. The number of amides is 1. The van der Waals surface area contributed by atoms with Gasteiger partial charge in [0, 0.05) is 42.2 Å². The molecule has 0 spiro atoms. The van der Waals surface area contributed by atoms with Crippen LogP contribution in [-0.2, 0) is 29.6 Å². The normalized spacial score (nSPS) is 15.7. The summed E-state index contributed by atoms with van der Waals surface area (Å²) in [5, 5.41) is 5.89. The van der Waals surface area contributed by atoms with Crippen LogP contribution in [0.5, 0.6) is 5.88 Å². The van der Waals surface area contributed by atoms with E-state index >= 15 is 0 Å². The molecule has 0 atom stereocenters. The summed E-state index contributed by atoms with van der Waals surface area (Å²) in [4.78, 5) is 21.2. The average Bonchev–Trinajstić information content (AvgIpc) is 3.18. The number of aromatic nitrogens is 4. The van der Waals surface area contributed by atoms with Gasteiger partial charge in [-0.1, -0.05) is 17.3 Å². The second kappa shape index (κ2) is 8.96. The molecule has 1 saturated carbocycles. The van der Waals surface area contributed by atoms with Gasteiger partial charge < -0.3 is 19.1 Å². The molecule has 0 radical (unpaired) electrons. The van der Waals surface area contributed by atoms with Crippen molar-refractivity contribution in [3.05, 3.63) is 77.5 Å². The zero-order valence-electron chi connectivity index (χ0n) is 19.9. The molecule has 0 bridgehead atoms. The third-order valence-electron chi connectivity index (χ3n) is 6.90. The van der Waals surface area contributed by atoms with E-state index in [1.54, 1.807) is 18.5 Å². The number of hydrogen-bond acceptors (Lipinski definition) is 6. The first kappa shape index (κ1) is 24.1. The van der Waals surface area contributed by atoms with Gasteiger partial charge in [0.25, 0.3) is 0 Å². The number of benzene rings is 1. The van der Waals surface area contributed by atoms with E-state index in [0.717, 1.165) is 24.1 Å². The van der Waals surface area contributed by atoms with Crippen LogP contribution in [-0.4, -0.2) is 38.4 Å². The van der Waals surface area contributed by atoms with E-state index in [-0.39, 0.29) is 36.4 Å². The van der Waals surface area contributed by atoms with Crippen molar-refractivity contribution in [2.24, 2.45) is 0 Å². The third kappa shape index (κ3) is 4.39. The van der Waals surface area contributed by atoms with Gasteiger partial charge in [0.2, 0.25) is 5.91 Å². The third-order valence-corrected chi connectivity index (χ3v) is 6.90. The lowest BCUT2D eigenvalue weighted by Gasteiger charge is -2.14. The Morgan fingerprint density at radius 2 is 1.87 bits per heavy atom. The summed E-state index contributed by atoms with van der Waals surface area (Å²) in [5.74, 6) is -0.302. The van der Waals surface area contributed by atoms with E-state index < -0.39 is 23.3 Å². The number of nitrogens with zero attached hydrogens (tertiary/aromatic N) is 4. The van der Waals surface area contributed by atoms with E-state index in [0.29, 0.717) is 30.0 Å². The van der Waals surface area contributed by atoms with Crippen LogP contribution in [0.3, 0.4) is 0 Å². The van der Waals surface area contributed by atoms with Gasteiger partial charge in [-0.3, -0.25) is 4.79 Å². The highest BCUT2D eigenvalue weighted by Crippen LogP contribution is 2.59. The number of fused-ring (bicyclic) bond motifs is 1. The van der Waals surface area contributed by atoms with Gasteiger partial charge in [-0.25, -0.2) is 14.4 Å². The fourth-order valence-corrected chi connectivity index (χ4v) is 4.58. The second-order valence-electron chi connectivity index (χ2n) is 9.44. The number of hydrogen-bond donors (Lipinski definition) is 1. The molecular formula is C26H21F4N5O3. The number of nitrogens with one attached hydrogen (secondary N) is 1. The highest BCUT2D eigenvalue weighted by Gasteiger charge is 2.66. The van der Waals surface area contributed by atoms with Crippen molar-refractivity contribution >= 4 is 11.7 Å². The molecule has 0 saturated heterocycles. The molecule has 2 aliphatic rings. The molecule has 4 aromatic rings. The standard InChI is InChI=1S/C26H21F4N5O3/c27-19-9-15(18-13-31-21(32-14-18)10-17-3-6-35-7-8-37-24(17)35)1-2-16(19)11-23(36)33-22-12-20(38-34-22)25(4-5-25)26(28,29)30/h1-3,6,9,12-14H,4-5,7-8,10-11H2,(H,33,34,36). The fourth-order valence-electron chi connectivity index (χ4n) is 4.58. The summed E-state index contributed by atoms with van der Waals surface area (Å²) >= 11 is 0. The van der Waals surface area contributed by atoms with Crippen LogP contribution in [0.15, 0.2) is 53.4 Å². The molecule has 1 N–H and O–H groups in total. The van der Waals surface area contributed by atoms with Gasteiger partial charge in [0.1, 0.15) is 23.7 Å². The number of carbonyl (C=O) groups is 1. The van der Waals surface area contributed by atoms with Crippen molar-refractivity contribution in [3.8, 4) is 17.0 Å². The fraction of sp³-hybridized carbons (Fsp3) is 0.308. The molecule has 1 aliphatic carbocycles. The first-order chi connectivity index (χ1) is 18.2. The van der Waals surface area contributed by atoms with Crippen molar-refractivity contribution in [2.75, 3.05) is 11.9 Å². The topological polar surface area (TPSA) is 95.1 Å². The molecule has 1 fully saturated rings. The minimum Gasteiger partial charge on any atom is -0.477 e. The molecule has 38 heavy (non-hydrogen) atoms. The molecular weight excluding hydrogens is 506 g/mol. The van der Waals surface area contributed by atoms with Crippen LogP contribution in [0.25, 0.3) is 11.1 Å². The van der Waals surface area contributed by atoms with Crippen LogP contribution >= 0.6 is 0 Å². The minimum atomic E-state index is -4.46. The summed E-state index contributed by atoms with van der Waals surface area (Å²) in [5.41, 5.74) is 0.219. The minimum absolute atomic E-state index is 0.0888. The Morgan fingerprint density at radius 1 is 1.08 bits per heavy atom. The zero-order chi connectivity index (χ0) is 26.5. The van der Waals surface area contributed by atoms with Gasteiger partial charge >= 0.3 is 6.18 Å². The lowest BCUT2D eigenvalue weighted by Crippen LogP contribution is -2.28. The molecule has 6 rings (SSSR count). The second-order valence-corrected chi connectivity index (χ2v) is 9.44.